The summed E-state index contributed by atoms with van der Waals surface area (Å²) in [6, 6.07) is 7.95. The third-order valence-corrected chi connectivity index (χ3v) is 3.02. The Hall–Kier alpha value is -2.17. The number of carboxylic acids is 1. The number of hydrogen-bond acceptors (Lipinski definition) is 4. The van der Waals surface area contributed by atoms with Crippen molar-refractivity contribution in [2.75, 3.05) is 11.4 Å². The zero-order chi connectivity index (χ0) is 13.8. The Morgan fingerprint density at radius 2 is 2.11 bits per heavy atom. The van der Waals surface area contributed by atoms with Gasteiger partial charge in [-0.05, 0) is 19.9 Å². The summed E-state index contributed by atoms with van der Waals surface area (Å²) in [5, 5.41) is 17.9. The molecule has 0 unspecified atom stereocenters. The van der Waals surface area contributed by atoms with Gasteiger partial charge < -0.3 is 10.0 Å². The molecule has 0 aliphatic carbocycles. The number of carboxylic acid groups (broad SMARTS) is 1. The zero-order valence-electron chi connectivity index (χ0n) is 11.1. The maximum Gasteiger partial charge on any atom is 0.305 e. The van der Waals surface area contributed by atoms with Crippen molar-refractivity contribution in [3.05, 3.63) is 30.5 Å². The quantitative estimate of drug-likeness (QED) is 0.892. The fraction of sp³-hybridized carbons (Fsp3) is 0.357. The monoisotopic (exact) mass is 259 g/mol. The van der Waals surface area contributed by atoms with Gasteiger partial charge in [0.1, 0.15) is 0 Å². The maximum atomic E-state index is 10.8. The molecule has 0 aliphatic heterocycles. The minimum Gasteiger partial charge on any atom is -0.481 e. The lowest BCUT2D eigenvalue weighted by atomic mass is 10.1. The molecule has 1 heterocycles. The average molecular weight is 259 g/mol. The Kier molecular flexibility index (Phi) is 3.94. The molecular weight excluding hydrogens is 242 g/mol. The van der Waals surface area contributed by atoms with E-state index in [1.165, 1.54) is 0 Å². The van der Waals surface area contributed by atoms with Gasteiger partial charge in [-0.15, -0.1) is 0 Å². The third kappa shape index (κ3) is 2.99. The molecular formula is C14H17N3O2. The predicted octanol–water partition coefficient (Wildman–Crippen LogP) is 2.32. The number of carbonyl (C=O) groups is 1. The first-order chi connectivity index (χ1) is 9.09. The van der Waals surface area contributed by atoms with E-state index < -0.39 is 5.97 Å². The minimum absolute atomic E-state index is 0.106. The molecule has 0 spiro atoms. The van der Waals surface area contributed by atoms with Crippen LogP contribution in [-0.2, 0) is 4.79 Å². The topological polar surface area (TPSA) is 66.3 Å². The Balaban J connectivity index is 2.41. The van der Waals surface area contributed by atoms with E-state index in [0.29, 0.717) is 6.54 Å². The van der Waals surface area contributed by atoms with E-state index in [1.807, 2.05) is 43.0 Å². The molecule has 1 aromatic carbocycles. The first-order valence-corrected chi connectivity index (χ1v) is 6.28. The molecule has 0 amide bonds. The van der Waals surface area contributed by atoms with Crippen LogP contribution in [-0.4, -0.2) is 33.9 Å². The summed E-state index contributed by atoms with van der Waals surface area (Å²) in [5.41, 5.74) is 1.75. The summed E-state index contributed by atoms with van der Waals surface area (Å²) in [4.78, 5) is 12.8. The van der Waals surface area contributed by atoms with Crippen LogP contribution in [0.5, 0.6) is 0 Å². The van der Waals surface area contributed by atoms with Crippen LogP contribution in [0.3, 0.4) is 0 Å². The number of rotatable bonds is 5. The number of aromatic nitrogens is 2. The molecule has 1 aromatic heterocycles. The molecule has 0 atom stereocenters. The number of hydrogen-bond donors (Lipinski definition) is 1. The molecule has 100 valence electrons. The molecule has 0 radical (unpaired) electrons. The Labute approximate surface area is 111 Å². The Morgan fingerprint density at radius 3 is 2.79 bits per heavy atom. The van der Waals surface area contributed by atoms with Crippen molar-refractivity contribution in [2.24, 2.45) is 0 Å². The summed E-state index contributed by atoms with van der Waals surface area (Å²) in [6.07, 6.45) is 1.80. The highest BCUT2D eigenvalue weighted by Crippen LogP contribution is 2.25. The highest BCUT2D eigenvalue weighted by atomic mass is 16.4. The molecule has 0 saturated heterocycles. The lowest BCUT2D eigenvalue weighted by molar-refractivity contribution is -0.136. The molecule has 0 bridgehead atoms. The van der Waals surface area contributed by atoms with E-state index in [9.17, 15) is 4.79 Å². The van der Waals surface area contributed by atoms with Crippen molar-refractivity contribution in [1.29, 1.82) is 0 Å². The molecule has 2 rings (SSSR count). The lowest BCUT2D eigenvalue weighted by Crippen LogP contribution is -2.33. The summed E-state index contributed by atoms with van der Waals surface area (Å²) in [6.45, 7) is 4.54. The van der Waals surface area contributed by atoms with E-state index in [4.69, 9.17) is 5.11 Å². The van der Waals surface area contributed by atoms with E-state index >= 15 is 0 Å². The molecule has 1 N–H and O–H groups in total. The van der Waals surface area contributed by atoms with Crippen LogP contribution in [0.4, 0.5) is 5.69 Å². The molecule has 0 saturated carbocycles. The van der Waals surface area contributed by atoms with Gasteiger partial charge in [0.15, 0.2) is 0 Å². The third-order valence-electron chi connectivity index (χ3n) is 3.02. The molecule has 5 heteroatoms. The van der Waals surface area contributed by atoms with Gasteiger partial charge >= 0.3 is 5.97 Å². The van der Waals surface area contributed by atoms with Gasteiger partial charge in [0, 0.05) is 18.0 Å². The van der Waals surface area contributed by atoms with Gasteiger partial charge in [0.05, 0.1) is 23.8 Å². The van der Waals surface area contributed by atoms with Gasteiger partial charge in [-0.1, -0.05) is 18.2 Å². The summed E-state index contributed by atoms with van der Waals surface area (Å²) < 4.78 is 0. The second-order valence-electron chi connectivity index (χ2n) is 4.68. The fourth-order valence-electron chi connectivity index (χ4n) is 2.09. The van der Waals surface area contributed by atoms with Crippen molar-refractivity contribution in [2.45, 2.75) is 26.3 Å². The Bertz CT molecular complexity index is 578. The number of benzene rings is 1. The normalized spacial score (nSPS) is 10.9. The van der Waals surface area contributed by atoms with E-state index in [0.717, 1.165) is 16.6 Å². The number of fused-ring (bicyclic) bond motifs is 1. The van der Waals surface area contributed by atoms with Crippen molar-refractivity contribution in [3.8, 4) is 0 Å². The van der Waals surface area contributed by atoms with E-state index in [1.54, 1.807) is 6.20 Å². The van der Waals surface area contributed by atoms with Crippen LogP contribution in [0, 0.1) is 0 Å². The van der Waals surface area contributed by atoms with Crippen molar-refractivity contribution < 1.29 is 9.90 Å². The number of anilines is 1. The van der Waals surface area contributed by atoms with Crippen LogP contribution in [0.1, 0.15) is 20.3 Å². The standard InChI is InChI=1S/C14H17N3O2/c1-10(2)17(8-7-14(18)19)13-9-15-16-12-6-4-3-5-11(12)13/h3-6,9-10H,7-8H2,1-2H3,(H,18,19). The van der Waals surface area contributed by atoms with E-state index in [2.05, 4.69) is 10.2 Å². The molecule has 0 aliphatic rings. The number of aliphatic carboxylic acids is 1. The first kappa shape index (κ1) is 13.3. The highest BCUT2D eigenvalue weighted by Gasteiger charge is 2.15. The lowest BCUT2D eigenvalue weighted by Gasteiger charge is -2.29. The van der Waals surface area contributed by atoms with Gasteiger partial charge in [0.2, 0.25) is 0 Å². The first-order valence-electron chi connectivity index (χ1n) is 6.28. The molecule has 19 heavy (non-hydrogen) atoms. The second kappa shape index (κ2) is 5.65. The van der Waals surface area contributed by atoms with Crippen LogP contribution >= 0.6 is 0 Å². The SMILES string of the molecule is CC(C)N(CCC(=O)O)c1cnnc2ccccc12. The molecule has 5 nitrogen and oxygen atoms in total. The highest BCUT2D eigenvalue weighted by molar-refractivity contribution is 5.91. The minimum atomic E-state index is -0.794. The van der Waals surface area contributed by atoms with Crippen molar-refractivity contribution in [3.63, 3.8) is 0 Å². The molecule has 2 aromatic rings. The maximum absolute atomic E-state index is 10.8. The average Bonchev–Trinajstić information content (AvgIpc) is 2.38. The van der Waals surface area contributed by atoms with Gasteiger partial charge in [-0.25, -0.2) is 0 Å². The largest absolute Gasteiger partial charge is 0.481 e. The van der Waals surface area contributed by atoms with Crippen LogP contribution < -0.4 is 4.90 Å². The Morgan fingerprint density at radius 1 is 1.37 bits per heavy atom. The second-order valence-corrected chi connectivity index (χ2v) is 4.68. The van der Waals surface area contributed by atoms with Crippen LogP contribution in [0.25, 0.3) is 10.9 Å². The van der Waals surface area contributed by atoms with E-state index in [-0.39, 0.29) is 12.5 Å². The fourth-order valence-corrected chi connectivity index (χ4v) is 2.09. The van der Waals surface area contributed by atoms with Gasteiger partial charge in [-0.2, -0.15) is 10.2 Å². The zero-order valence-corrected chi connectivity index (χ0v) is 11.1. The molecule has 0 fully saturated rings. The van der Waals surface area contributed by atoms with Gasteiger partial charge in [-0.3, -0.25) is 4.79 Å². The summed E-state index contributed by atoms with van der Waals surface area (Å²) in [5.74, 6) is -0.794. The summed E-state index contributed by atoms with van der Waals surface area (Å²) in [7, 11) is 0. The predicted molar refractivity (Wildman–Crippen MR) is 74.3 cm³/mol. The van der Waals surface area contributed by atoms with Crippen molar-refractivity contribution >= 4 is 22.6 Å². The number of nitrogens with zero attached hydrogens (tertiary/aromatic N) is 3. The van der Waals surface area contributed by atoms with Gasteiger partial charge in [0.25, 0.3) is 0 Å². The van der Waals surface area contributed by atoms with Crippen molar-refractivity contribution in [1.82, 2.24) is 10.2 Å². The smallest absolute Gasteiger partial charge is 0.305 e. The summed E-state index contributed by atoms with van der Waals surface area (Å²) >= 11 is 0. The van der Waals surface area contributed by atoms with Crippen LogP contribution in [0.2, 0.25) is 0 Å². The van der Waals surface area contributed by atoms with Crippen LogP contribution in [0.15, 0.2) is 30.5 Å².